The number of rotatable bonds is 5. The van der Waals surface area contributed by atoms with E-state index in [0.29, 0.717) is 0 Å². The largest absolute Gasteiger partial charge is 0.329 e. The van der Waals surface area contributed by atoms with Crippen LogP contribution in [0.4, 0.5) is 0 Å². The summed E-state index contributed by atoms with van der Waals surface area (Å²) >= 11 is 0. The van der Waals surface area contributed by atoms with Crippen molar-refractivity contribution < 1.29 is 0 Å². The Morgan fingerprint density at radius 1 is 0.933 bits per heavy atom. The SMILES string of the molecule is NCCN(CC1CCC1)C1CCCCC1. The molecule has 0 amide bonds. The van der Waals surface area contributed by atoms with Crippen molar-refractivity contribution in [1.82, 2.24) is 4.90 Å². The lowest BCUT2D eigenvalue weighted by Crippen LogP contribution is -2.43. The van der Waals surface area contributed by atoms with E-state index >= 15 is 0 Å². The first-order valence-corrected chi connectivity index (χ1v) is 6.84. The Hall–Kier alpha value is -0.0800. The van der Waals surface area contributed by atoms with Gasteiger partial charge in [0.1, 0.15) is 0 Å². The van der Waals surface area contributed by atoms with Gasteiger partial charge in [-0.25, -0.2) is 0 Å². The van der Waals surface area contributed by atoms with Crippen molar-refractivity contribution in [2.24, 2.45) is 11.7 Å². The van der Waals surface area contributed by atoms with Gasteiger partial charge >= 0.3 is 0 Å². The lowest BCUT2D eigenvalue weighted by atomic mass is 9.84. The molecule has 2 aliphatic rings. The molecule has 0 aromatic rings. The lowest BCUT2D eigenvalue weighted by Gasteiger charge is -2.38. The van der Waals surface area contributed by atoms with Crippen LogP contribution in [0.5, 0.6) is 0 Å². The highest BCUT2D eigenvalue weighted by molar-refractivity contribution is 4.80. The summed E-state index contributed by atoms with van der Waals surface area (Å²) in [5.41, 5.74) is 5.73. The van der Waals surface area contributed by atoms with Crippen molar-refractivity contribution in [3.05, 3.63) is 0 Å². The topological polar surface area (TPSA) is 29.3 Å². The van der Waals surface area contributed by atoms with Crippen molar-refractivity contribution in [2.45, 2.75) is 57.4 Å². The second-order valence-corrected chi connectivity index (χ2v) is 5.37. The van der Waals surface area contributed by atoms with E-state index in [4.69, 9.17) is 5.73 Å². The van der Waals surface area contributed by atoms with Gasteiger partial charge in [-0.1, -0.05) is 25.7 Å². The Morgan fingerprint density at radius 3 is 2.20 bits per heavy atom. The normalized spacial score (nSPS) is 24.4. The summed E-state index contributed by atoms with van der Waals surface area (Å²) in [6.45, 7) is 3.30. The van der Waals surface area contributed by atoms with Gasteiger partial charge < -0.3 is 5.73 Å². The molecule has 0 bridgehead atoms. The van der Waals surface area contributed by atoms with Crippen molar-refractivity contribution in [3.8, 4) is 0 Å². The van der Waals surface area contributed by atoms with Gasteiger partial charge in [0.25, 0.3) is 0 Å². The first-order valence-electron chi connectivity index (χ1n) is 6.84. The van der Waals surface area contributed by atoms with Gasteiger partial charge in [0, 0.05) is 25.7 Å². The highest BCUT2D eigenvalue weighted by Gasteiger charge is 2.25. The minimum atomic E-state index is 0.837. The Labute approximate surface area is 94.2 Å². The van der Waals surface area contributed by atoms with Gasteiger partial charge in [0.05, 0.1) is 0 Å². The molecule has 88 valence electrons. The molecule has 2 nitrogen and oxygen atoms in total. The fraction of sp³-hybridized carbons (Fsp3) is 1.00. The van der Waals surface area contributed by atoms with Crippen LogP contribution in [-0.2, 0) is 0 Å². The van der Waals surface area contributed by atoms with Gasteiger partial charge in [0.15, 0.2) is 0 Å². The molecule has 0 aliphatic heterocycles. The number of nitrogens with two attached hydrogens (primary N) is 1. The van der Waals surface area contributed by atoms with Crippen molar-refractivity contribution in [2.75, 3.05) is 19.6 Å². The minimum Gasteiger partial charge on any atom is -0.329 e. The first-order chi connectivity index (χ1) is 7.40. The van der Waals surface area contributed by atoms with E-state index < -0.39 is 0 Å². The third kappa shape index (κ3) is 3.18. The average molecular weight is 210 g/mol. The molecule has 0 spiro atoms. The summed E-state index contributed by atoms with van der Waals surface area (Å²) in [5.74, 6) is 0.999. The predicted octanol–water partition coefficient (Wildman–Crippen LogP) is 2.38. The van der Waals surface area contributed by atoms with E-state index in [1.165, 1.54) is 57.9 Å². The minimum absolute atomic E-state index is 0.837. The summed E-state index contributed by atoms with van der Waals surface area (Å²) in [7, 11) is 0. The summed E-state index contributed by atoms with van der Waals surface area (Å²) in [6.07, 6.45) is 11.6. The molecular weight excluding hydrogens is 184 g/mol. The molecule has 0 unspecified atom stereocenters. The average Bonchev–Trinajstić information content (AvgIpc) is 2.23. The predicted molar refractivity (Wildman–Crippen MR) is 64.8 cm³/mol. The Kier molecular flexibility index (Phi) is 4.45. The quantitative estimate of drug-likeness (QED) is 0.755. The zero-order chi connectivity index (χ0) is 10.5. The van der Waals surface area contributed by atoms with Gasteiger partial charge in [0.2, 0.25) is 0 Å². The monoisotopic (exact) mass is 210 g/mol. The van der Waals surface area contributed by atoms with Crippen molar-refractivity contribution in [3.63, 3.8) is 0 Å². The molecule has 2 heteroatoms. The number of hydrogen-bond donors (Lipinski definition) is 1. The van der Waals surface area contributed by atoms with E-state index in [2.05, 4.69) is 4.90 Å². The van der Waals surface area contributed by atoms with Gasteiger partial charge in [-0.05, 0) is 31.6 Å². The maximum absolute atomic E-state index is 5.73. The van der Waals surface area contributed by atoms with E-state index in [9.17, 15) is 0 Å². The molecule has 0 aromatic carbocycles. The molecule has 0 radical (unpaired) electrons. The van der Waals surface area contributed by atoms with Crippen LogP contribution < -0.4 is 5.73 Å². The molecule has 0 atom stereocenters. The first kappa shape index (κ1) is 11.4. The molecule has 2 N–H and O–H groups in total. The van der Waals surface area contributed by atoms with E-state index in [0.717, 1.165) is 25.0 Å². The second kappa shape index (κ2) is 5.86. The molecular formula is C13H26N2. The molecule has 2 rings (SSSR count). The molecule has 2 fully saturated rings. The van der Waals surface area contributed by atoms with Crippen LogP contribution in [0.25, 0.3) is 0 Å². The van der Waals surface area contributed by atoms with E-state index in [-0.39, 0.29) is 0 Å². The van der Waals surface area contributed by atoms with Crippen molar-refractivity contribution in [1.29, 1.82) is 0 Å². The van der Waals surface area contributed by atoms with Gasteiger partial charge in [-0.3, -0.25) is 4.90 Å². The van der Waals surface area contributed by atoms with Crippen LogP contribution in [0.1, 0.15) is 51.4 Å². The fourth-order valence-corrected chi connectivity index (χ4v) is 3.04. The van der Waals surface area contributed by atoms with Gasteiger partial charge in [-0.2, -0.15) is 0 Å². The maximum Gasteiger partial charge on any atom is 0.0108 e. The zero-order valence-corrected chi connectivity index (χ0v) is 9.96. The van der Waals surface area contributed by atoms with Crippen molar-refractivity contribution >= 4 is 0 Å². The van der Waals surface area contributed by atoms with E-state index in [1.807, 2.05) is 0 Å². The fourth-order valence-electron chi connectivity index (χ4n) is 3.04. The third-order valence-electron chi connectivity index (χ3n) is 4.22. The maximum atomic E-state index is 5.73. The Balaban J connectivity index is 1.79. The summed E-state index contributed by atoms with van der Waals surface area (Å²) in [6, 6.07) is 0.864. The van der Waals surface area contributed by atoms with Crippen LogP contribution in [-0.4, -0.2) is 30.6 Å². The Bertz CT molecular complexity index is 171. The molecule has 2 aliphatic carbocycles. The van der Waals surface area contributed by atoms with Crippen LogP contribution in [0.2, 0.25) is 0 Å². The highest BCUT2D eigenvalue weighted by atomic mass is 15.2. The third-order valence-corrected chi connectivity index (χ3v) is 4.22. The van der Waals surface area contributed by atoms with E-state index in [1.54, 1.807) is 0 Å². The summed E-state index contributed by atoms with van der Waals surface area (Å²) in [5, 5.41) is 0. The molecule has 2 saturated carbocycles. The highest BCUT2D eigenvalue weighted by Crippen LogP contribution is 2.30. The molecule has 0 aromatic heterocycles. The standard InChI is InChI=1S/C13H26N2/c14-9-10-15(11-12-5-4-6-12)13-7-2-1-3-8-13/h12-13H,1-11,14H2. The summed E-state index contributed by atoms with van der Waals surface area (Å²) in [4.78, 5) is 2.70. The molecule has 0 heterocycles. The zero-order valence-electron chi connectivity index (χ0n) is 9.96. The van der Waals surface area contributed by atoms with Gasteiger partial charge in [-0.15, -0.1) is 0 Å². The Morgan fingerprint density at radius 2 is 1.67 bits per heavy atom. The van der Waals surface area contributed by atoms with Crippen LogP contribution in [0.3, 0.4) is 0 Å². The second-order valence-electron chi connectivity index (χ2n) is 5.37. The smallest absolute Gasteiger partial charge is 0.0108 e. The number of hydrogen-bond acceptors (Lipinski definition) is 2. The molecule has 15 heavy (non-hydrogen) atoms. The molecule has 0 saturated heterocycles. The van der Waals surface area contributed by atoms with Crippen LogP contribution in [0, 0.1) is 5.92 Å². The van der Waals surface area contributed by atoms with Crippen LogP contribution in [0.15, 0.2) is 0 Å². The summed E-state index contributed by atoms with van der Waals surface area (Å²) < 4.78 is 0. The number of nitrogens with zero attached hydrogens (tertiary/aromatic N) is 1. The lowest BCUT2D eigenvalue weighted by molar-refractivity contribution is 0.111. The van der Waals surface area contributed by atoms with Crippen LogP contribution >= 0.6 is 0 Å².